The van der Waals surface area contributed by atoms with E-state index in [4.69, 9.17) is 14.5 Å². The van der Waals surface area contributed by atoms with Crippen LogP contribution in [0.3, 0.4) is 0 Å². The number of piperazine rings is 2. The van der Waals surface area contributed by atoms with Gasteiger partial charge >= 0.3 is 6.03 Å². The number of carbonyl (C=O) groups excluding carboxylic acids is 2. The third-order valence-electron chi connectivity index (χ3n) is 8.69. The lowest BCUT2D eigenvalue weighted by molar-refractivity contribution is -0.134. The van der Waals surface area contributed by atoms with E-state index < -0.39 is 17.9 Å². The number of carbonyl (C=O) groups is 2. The second-order valence-corrected chi connectivity index (χ2v) is 11.6. The number of hydrogen-bond donors (Lipinski definition) is 3. The van der Waals surface area contributed by atoms with Gasteiger partial charge in [-0.2, -0.15) is 0 Å². The summed E-state index contributed by atoms with van der Waals surface area (Å²) in [6.07, 6.45) is 0. The molecule has 2 saturated heterocycles. The number of nitrogens with zero attached hydrogens (tertiary/aromatic N) is 5. The Morgan fingerprint density at radius 2 is 1.75 bits per heavy atom. The van der Waals surface area contributed by atoms with Crippen LogP contribution in [-0.2, 0) is 4.79 Å². The van der Waals surface area contributed by atoms with Crippen molar-refractivity contribution in [1.29, 1.82) is 0 Å². The standard InChI is InChI=1S/C34H39FN8O5/c1-22(42(29-13-12-25(47-2)20-30(29)48-3)34(46)38-24-10-8-23(35)9-11-24)31-39-27-7-5-4-6-26(27)32(44)43(31)41-18-16-40(17-19-41)33(45)28-21-36-14-15-37-28/h4-13,20,22,28,36-37H,14-19,21H2,1-3H3,(H,38,46). The Morgan fingerprint density at radius 3 is 2.44 bits per heavy atom. The normalized spacial score (nSPS) is 17.1. The van der Waals surface area contributed by atoms with Gasteiger partial charge in [0.05, 0.1) is 56.0 Å². The lowest BCUT2D eigenvalue weighted by Gasteiger charge is -2.40. The first-order valence-corrected chi connectivity index (χ1v) is 15.9. The first-order valence-electron chi connectivity index (χ1n) is 15.9. The number of ether oxygens (including phenoxy) is 2. The second kappa shape index (κ2) is 14.3. The van der Waals surface area contributed by atoms with Gasteiger partial charge in [-0.05, 0) is 55.5 Å². The van der Waals surface area contributed by atoms with Gasteiger partial charge < -0.3 is 35.3 Å². The summed E-state index contributed by atoms with van der Waals surface area (Å²) in [7, 11) is 3.02. The SMILES string of the molecule is COc1ccc(N(C(=O)Nc2ccc(F)cc2)C(C)c2nc3ccccc3c(=O)n2N2CCN(C(=O)C3CNCCN3)CC2)c(OC)c1. The Bertz CT molecular complexity index is 1840. The molecule has 2 atom stereocenters. The first-order chi connectivity index (χ1) is 23.3. The van der Waals surface area contributed by atoms with Gasteiger partial charge in [-0.1, -0.05) is 12.1 Å². The predicted molar refractivity (Wildman–Crippen MR) is 181 cm³/mol. The number of para-hydroxylation sites is 1. The quantitative estimate of drug-likeness (QED) is 0.262. The van der Waals surface area contributed by atoms with Crippen molar-refractivity contribution in [2.45, 2.75) is 19.0 Å². The van der Waals surface area contributed by atoms with Gasteiger partial charge in [0.2, 0.25) is 5.91 Å². The van der Waals surface area contributed by atoms with E-state index in [1.165, 1.54) is 48.1 Å². The molecular weight excluding hydrogens is 619 g/mol. The molecule has 0 bridgehead atoms. The highest BCUT2D eigenvalue weighted by molar-refractivity contribution is 6.03. The maximum atomic E-state index is 14.3. The molecular formula is C34H39FN8O5. The molecule has 48 heavy (non-hydrogen) atoms. The number of hydrogen-bond acceptors (Lipinski definition) is 9. The van der Waals surface area contributed by atoms with Crippen LogP contribution in [0.1, 0.15) is 18.8 Å². The average Bonchev–Trinajstić information content (AvgIpc) is 3.13. The number of methoxy groups -OCH3 is 2. The Morgan fingerprint density at radius 1 is 1.00 bits per heavy atom. The minimum atomic E-state index is -0.831. The first kappa shape index (κ1) is 32.7. The lowest BCUT2D eigenvalue weighted by Crippen LogP contribution is -2.62. The van der Waals surface area contributed by atoms with E-state index in [2.05, 4.69) is 16.0 Å². The fourth-order valence-corrected chi connectivity index (χ4v) is 6.16. The van der Waals surface area contributed by atoms with Crippen molar-refractivity contribution < 1.29 is 23.5 Å². The maximum Gasteiger partial charge on any atom is 0.327 e. The highest BCUT2D eigenvalue weighted by Crippen LogP contribution is 2.37. The Balaban J connectivity index is 1.40. The fraction of sp³-hybridized carbons (Fsp3) is 0.353. The molecule has 0 aliphatic carbocycles. The Labute approximate surface area is 277 Å². The van der Waals surface area contributed by atoms with Gasteiger partial charge in [0.1, 0.15) is 17.3 Å². The van der Waals surface area contributed by atoms with E-state index in [0.717, 1.165) is 13.1 Å². The van der Waals surface area contributed by atoms with Crippen molar-refractivity contribution in [2.24, 2.45) is 0 Å². The molecule has 3 amide bonds. The zero-order valence-electron chi connectivity index (χ0n) is 27.1. The minimum Gasteiger partial charge on any atom is -0.497 e. The fourth-order valence-electron chi connectivity index (χ4n) is 6.16. The summed E-state index contributed by atoms with van der Waals surface area (Å²) in [4.78, 5) is 49.9. The topological polar surface area (TPSA) is 133 Å². The molecule has 0 spiro atoms. The molecule has 4 aromatic rings. The van der Waals surface area contributed by atoms with Crippen molar-refractivity contribution in [3.05, 3.63) is 88.7 Å². The van der Waals surface area contributed by atoms with Crippen LogP contribution in [0.15, 0.2) is 71.5 Å². The summed E-state index contributed by atoms with van der Waals surface area (Å²) in [6.45, 7) is 5.45. The monoisotopic (exact) mass is 658 g/mol. The maximum absolute atomic E-state index is 14.3. The molecule has 0 saturated carbocycles. The smallest absolute Gasteiger partial charge is 0.327 e. The molecule has 13 nitrogen and oxygen atoms in total. The van der Waals surface area contributed by atoms with Crippen molar-refractivity contribution >= 4 is 34.2 Å². The molecule has 252 valence electrons. The van der Waals surface area contributed by atoms with E-state index in [0.29, 0.717) is 72.3 Å². The van der Waals surface area contributed by atoms with Gasteiger partial charge in [0.15, 0.2) is 5.82 Å². The van der Waals surface area contributed by atoms with Crippen LogP contribution in [0.25, 0.3) is 10.9 Å². The van der Waals surface area contributed by atoms with Gasteiger partial charge in [-0.25, -0.2) is 18.8 Å². The Hall–Kier alpha value is -5.21. The summed E-state index contributed by atoms with van der Waals surface area (Å²) in [5.74, 6) is 0.768. The highest BCUT2D eigenvalue weighted by atomic mass is 19.1. The largest absolute Gasteiger partial charge is 0.497 e. The molecule has 2 unspecified atom stereocenters. The van der Waals surface area contributed by atoms with Crippen LogP contribution in [0.4, 0.5) is 20.6 Å². The zero-order chi connectivity index (χ0) is 33.8. The average molecular weight is 659 g/mol. The number of amides is 3. The van der Waals surface area contributed by atoms with E-state index in [1.54, 1.807) is 49.4 Å². The number of fused-ring (bicyclic) bond motifs is 1. The number of rotatable bonds is 8. The van der Waals surface area contributed by atoms with Gasteiger partial charge in [0.25, 0.3) is 5.56 Å². The Kier molecular flexibility index (Phi) is 9.73. The van der Waals surface area contributed by atoms with Crippen LogP contribution in [-0.4, -0.2) is 92.6 Å². The number of nitrogens with one attached hydrogen (secondary N) is 3. The molecule has 14 heteroatoms. The van der Waals surface area contributed by atoms with Crippen LogP contribution < -0.4 is 40.9 Å². The van der Waals surface area contributed by atoms with Crippen LogP contribution in [0.2, 0.25) is 0 Å². The van der Waals surface area contributed by atoms with Crippen molar-refractivity contribution in [3.63, 3.8) is 0 Å². The van der Waals surface area contributed by atoms with Crippen molar-refractivity contribution in [1.82, 2.24) is 25.2 Å². The number of urea groups is 1. The highest BCUT2D eigenvalue weighted by Gasteiger charge is 2.34. The molecule has 6 rings (SSSR count). The van der Waals surface area contributed by atoms with E-state index in [-0.39, 0.29) is 17.5 Å². The van der Waals surface area contributed by atoms with Crippen LogP contribution in [0.5, 0.6) is 11.5 Å². The number of anilines is 2. The molecule has 1 aromatic heterocycles. The molecule has 3 heterocycles. The van der Waals surface area contributed by atoms with Gasteiger partial charge in [-0.3, -0.25) is 14.5 Å². The van der Waals surface area contributed by atoms with Gasteiger partial charge in [0, 0.05) is 44.5 Å². The molecule has 3 aromatic carbocycles. The number of aromatic nitrogens is 2. The van der Waals surface area contributed by atoms with Crippen molar-refractivity contribution in [2.75, 3.05) is 75.3 Å². The number of halogens is 1. The molecule has 3 N–H and O–H groups in total. The summed E-state index contributed by atoms with van der Waals surface area (Å²) >= 11 is 0. The van der Waals surface area contributed by atoms with E-state index in [1.807, 2.05) is 9.91 Å². The van der Waals surface area contributed by atoms with E-state index in [9.17, 15) is 18.8 Å². The van der Waals surface area contributed by atoms with Crippen LogP contribution >= 0.6 is 0 Å². The summed E-state index contributed by atoms with van der Waals surface area (Å²) in [6, 6.07) is 15.9. The van der Waals surface area contributed by atoms with Crippen molar-refractivity contribution in [3.8, 4) is 11.5 Å². The molecule has 2 aliphatic rings. The van der Waals surface area contributed by atoms with Gasteiger partial charge in [-0.15, -0.1) is 0 Å². The lowest BCUT2D eigenvalue weighted by atomic mass is 10.1. The molecule has 2 fully saturated rings. The summed E-state index contributed by atoms with van der Waals surface area (Å²) < 4.78 is 26.3. The third kappa shape index (κ3) is 6.62. The zero-order valence-corrected chi connectivity index (χ0v) is 27.1. The summed E-state index contributed by atoms with van der Waals surface area (Å²) in [5, 5.41) is 11.7. The molecule has 0 radical (unpaired) electrons. The third-order valence-corrected chi connectivity index (χ3v) is 8.69. The number of benzene rings is 3. The predicted octanol–water partition coefficient (Wildman–Crippen LogP) is 2.69. The second-order valence-electron chi connectivity index (χ2n) is 11.6. The summed E-state index contributed by atoms with van der Waals surface area (Å²) in [5.41, 5.74) is 0.952. The molecule has 2 aliphatic heterocycles. The van der Waals surface area contributed by atoms with E-state index >= 15 is 0 Å². The minimum absolute atomic E-state index is 0.0228. The van der Waals surface area contributed by atoms with Crippen LogP contribution in [0, 0.1) is 5.82 Å².